The summed E-state index contributed by atoms with van der Waals surface area (Å²) >= 11 is 1.44. The summed E-state index contributed by atoms with van der Waals surface area (Å²) in [6.07, 6.45) is 2.52. The van der Waals surface area contributed by atoms with Crippen LogP contribution in [0.2, 0.25) is 0 Å². The Balaban J connectivity index is 1.89. The number of aliphatic carboxylic acids is 1. The highest BCUT2D eigenvalue weighted by Crippen LogP contribution is 2.14. The molecule has 8 atom stereocenters. The SMILES string of the molecule is CC[C@H](C)[C@H](NC(=O)[C@H](CCSC)NC(=O)[C@H](C)NC(=O)CN)C(=O)N[C@@H](Cc1ccccc1)C(=O)N[C@@H](Cc1ccccc1)C(=O)NCC(=O)N[C@@H](Cc1ccccc1)C(=O)N[C@@H](CC(C)C)C(=O)NCC(=O)O. The number of hydrogen-bond donors (Lipinski definition) is 11. The predicted octanol–water partition coefficient (Wildman–Crippen LogP) is 0.249. The molecule has 408 valence electrons. The average Bonchev–Trinajstić information content (AvgIpc) is 3.39. The van der Waals surface area contributed by atoms with Crippen LogP contribution in [0.3, 0.4) is 0 Å². The Bertz CT molecular complexity index is 2360. The molecule has 9 amide bonds. The molecule has 75 heavy (non-hydrogen) atoms. The number of benzene rings is 3. The molecule has 0 aliphatic carbocycles. The van der Waals surface area contributed by atoms with Crippen molar-refractivity contribution in [3.05, 3.63) is 108 Å². The van der Waals surface area contributed by atoms with Gasteiger partial charge in [-0.05, 0) is 60.3 Å². The summed E-state index contributed by atoms with van der Waals surface area (Å²) in [5.74, 6) is -7.70. The van der Waals surface area contributed by atoms with Crippen LogP contribution in [0.1, 0.15) is 70.6 Å². The monoisotopic (exact) mass is 1060 g/mol. The van der Waals surface area contributed by atoms with Crippen molar-refractivity contribution >= 4 is 70.9 Å². The fourth-order valence-corrected chi connectivity index (χ4v) is 8.10. The maximum Gasteiger partial charge on any atom is 0.322 e. The van der Waals surface area contributed by atoms with E-state index in [1.807, 2.05) is 27.0 Å². The number of thioether (sulfide) groups is 1. The number of rotatable bonds is 32. The Morgan fingerprint density at radius 3 is 1.40 bits per heavy atom. The maximum atomic E-state index is 14.5. The van der Waals surface area contributed by atoms with Gasteiger partial charge in [-0.3, -0.25) is 47.9 Å². The van der Waals surface area contributed by atoms with E-state index >= 15 is 0 Å². The van der Waals surface area contributed by atoms with Crippen molar-refractivity contribution < 1.29 is 53.1 Å². The Kier molecular flexibility index (Phi) is 27.1. The number of carboxylic acids is 1. The molecular weight excluding hydrogens is 985 g/mol. The van der Waals surface area contributed by atoms with Crippen LogP contribution in [-0.4, -0.2) is 138 Å². The first-order valence-electron chi connectivity index (χ1n) is 24.9. The van der Waals surface area contributed by atoms with Crippen molar-refractivity contribution in [2.75, 3.05) is 31.6 Å². The number of amides is 9. The molecule has 21 nitrogen and oxygen atoms in total. The quantitative estimate of drug-likeness (QED) is 0.0400. The lowest BCUT2D eigenvalue weighted by Gasteiger charge is -2.29. The zero-order valence-corrected chi connectivity index (χ0v) is 44.3. The van der Waals surface area contributed by atoms with Crippen molar-refractivity contribution in [2.45, 2.75) is 115 Å². The fraction of sp³-hybridized carbons (Fsp3) is 0.472. The van der Waals surface area contributed by atoms with Crippen LogP contribution in [0.5, 0.6) is 0 Å². The number of nitrogens with two attached hydrogens (primary N) is 1. The van der Waals surface area contributed by atoms with Gasteiger partial charge in [-0.15, -0.1) is 0 Å². The normalized spacial score (nSPS) is 14.1. The molecule has 0 bridgehead atoms. The molecule has 0 aliphatic heterocycles. The number of carboxylic acid groups (broad SMARTS) is 1. The Labute approximate surface area is 442 Å². The number of carbonyl (C=O) groups is 10. The van der Waals surface area contributed by atoms with Crippen LogP contribution in [0.25, 0.3) is 0 Å². The van der Waals surface area contributed by atoms with Gasteiger partial charge in [-0.25, -0.2) is 0 Å². The van der Waals surface area contributed by atoms with Crippen LogP contribution in [-0.2, 0) is 67.2 Å². The summed E-state index contributed by atoms with van der Waals surface area (Å²) in [4.78, 5) is 134. The smallest absolute Gasteiger partial charge is 0.322 e. The average molecular weight is 1060 g/mol. The highest BCUT2D eigenvalue weighted by atomic mass is 32.2. The second kappa shape index (κ2) is 32.8. The summed E-state index contributed by atoms with van der Waals surface area (Å²) < 4.78 is 0. The van der Waals surface area contributed by atoms with Gasteiger partial charge in [0.05, 0.1) is 13.1 Å². The minimum atomic E-state index is -1.31. The molecule has 0 saturated carbocycles. The van der Waals surface area contributed by atoms with Crippen molar-refractivity contribution in [2.24, 2.45) is 17.6 Å². The van der Waals surface area contributed by atoms with Crippen molar-refractivity contribution in [3.8, 4) is 0 Å². The third-order valence-electron chi connectivity index (χ3n) is 11.9. The fourth-order valence-electron chi connectivity index (χ4n) is 7.63. The van der Waals surface area contributed by atoms with E-state index in [4.69, 9.17) is 10.8 Å². The number of nitrogens with one attached hydrogen (secondary N) is 9. The van der Waals surface area contributed by atoms with Gasteiger partial charge in [0, 0.05) is 19.3 Å². The maximum absolute atomic E-state index is 14.5. The van der Waals surface area contributed by atoms with E-state index in [0.29, 0.717) is 28.9 Å². The lowest BCUT2D eigenvalue weighted by atomic mass is 9.96. The van der Waals surface area contributed by atoms with Gasteiger partial charge in [0.2, 0.25) is 53.2 Å². The van der Waals surface area contributed by atoms with Gasteiger partial charge in [-0.1, -0.05) is 125 Å². The van der Waals surface area contributed by atoms with E-state index < -0.39 is 120 Å². The second-order valence-corrected chi connectivity index (χ2v) is 19.5. The Hall–Kier alpha value is -7.33. The summed E-state index contributed by atoms with van der Waals surface area (Å²) in [6.45, 7) is 7.01. The molecule has 0 heterocycles. The van der Waals surface area contributed by atoms with Crippen LogP contribution >= 0.6 is 11.8 Å². The third kappa shape index (κ3) is 22.8. The molecule has 0 fully saturated rings. The van der Waals surface area contributed by atoms with Gasteiger partial charge in [-0.2, -0.15) is 11.8 Å². The van der Waals surface area contributed by atoms with Crippen LogP contribution in [0, 0.1) is 11.8 Å². The molecule has 0 aliphatic rings. The summed E-state index contributed by atoms with van der Waals surface area (Å²) in [7, 11) is 0. The van der Waals surface area contributed by atoms with E-state index in [2.05, 4.69) is 47.9 Å². The van der Waals surface area contributed by atoms with Crippen molar-refractivity contribution in [3.63, 3.8) is 0 Å². The van der Waals surface area contributed by atoms with Crippen LogP contribution in [0.15, 0.2) is 91.0 Å². The topological polar surface area (TPSA) is 325 Å². The second-order valence-electron chi connectivity index (χ2n) is 18.5. The van der Waals surface area contributed by atoms with Gasteiger partial charge >= 0.3 is 5.97 Å². The predicted molar refractivity (Wildman–Crippen MR) is 284 cm³/mol. The summed E-state index contributed by atoms with van der Waals surface area (Å²) in [5, 5.41) is 32.8. The zero-order valence-electron chi connectivity index (χ0n) is 43.4. The zero-order chi connectivity index (χ0) is 55.5. The number of hydrogen-bond acceptors (Lipinski definition) is 12. The molecule has 3 rings (SSSR count). The van der Waals surface area contributed by atoms with E-state index in [1.54, 1.807) is 97.9 Å². The van der Waals surface area contributed by atoms with Gasteiger partial charge in [0.25, 0.3) is 0 Å². The standard InChI is InChI=1S/C53H74N10O11S/c1-7-33(4)46(63-50(71)38(23-24-75-6)59-47(68)34(5)57-43(64)29-54)53(74)62-42(28-37-21-15-10-16-22-37)52(73)61-40(26-35-17-11-8-12-18-35)49(70)55-30-44(65)58-41(27-36-19-13-9-14-20-36)51(72)60-39(25-32(2)3)48(69)56-31-45(66)67/h8-22,32-34,38-42,46H,7,23-31,54H2,1-6H3,(H,55,70)(H,56,69)(H,57,64)(H,58,65)(H,59,68)(H,60,72)(H,61,73)(H,62,74)(H,63,71)(H,66,67)/t33-,34-,38-,39-,40-,41-,42-,46-/m0/s1. The first-order chi connectivity index (χ1) is 35.7. The van der Waals surface area contributed by atoms with E-state index in [0.717, 1.165) is 0 Å². The minimum Gasteiger partial charge on any atom is -0.480 e. The largest absolute Gasteiger partial charge is 0.480 e. The Morgan fingerprint density at radius 1 is 0.507 bits per heavy atom. The summed E-state index contributed by atoms with van der Waals surface area (Å²) in [6, 6.07) is 18.0. The number of carbonyl (C=O) groups excluding carboxylic acids is 9. The molecule has 12 N–H and O–H groups in total. The Morgan fingerprint density at radius 2 is 0.933 bits per heavy atom. The molecule has 0 saturated heterocycles. The van der Waals surface area contributed by atoms with E-state index in [1.165, 1.54) is 18.7 Å². The molecule has 22 heteroatoms. The minimum absolute atomic E-state index is 0.00869. The lowest BCUT2D eigenvalue weighted by molar-refractivity contribution is -0.138. The molecule has 0 spiro atoms. The molecule has 3 aromatic rings. The highest BCUT2D eigenvalue weighted by molar-refractivity contribution is 7.98. The molecule has 3 aromatic carbocycles. The molecule has 0 radical (unpaired) electrons. The third-order valence-corrected chi connectivity index (χ3v) is 12.6. The van der Waals surface area contributed by atoms with Crippen molar-refractivity contribution in [1.82, 2.24) is 47.9 Å². The van der Waals surface area contributed by atoms with Gasteiger partial charge in [0.1, 0.15) is 48.8 Å². The van der Waals surface area contributed by atoms with Gasteiger partial charge < -0.3 is 58.7 Å². The van der Waals surface area contributed by atoms with E-state index in [9.17, 15) is 47.9 Å². The first kappa shape index (κ1) is 62.0. The molecule has 0 unspecified atom stereocenters. The van der Waals surface area contributed by atoms with E-state index in [-0.39, 0.29) is 44.6 Å². The van der Waals surface area contributed by atoms with Crippen LogP contribution in [0.4, 0.5) is 0 Å². The summed E-state index contributed by atoms with van der Waals surface area (Å²) in [5.41, 5.74) is 7.36. The molecule has 0 aromatic heterocycles. The molecular formula is C53H74N10O11S. The van der Waals surface area contributed by atoms with Crippen molar-refractivity contribution in [1.29, 1.82) is 0 Å². The van der Waals surface area contributed by atoms with Gasteiger partial charge in [0.15, 0.2) is 0 Å². The van der Waals surface area contributed by atoms with Crippen LogP contribution < -0.4 is 53.6 Å². The lowest BCUT2D eigenvalue weighted by Crippen LogP contribution is -2.61. The highest BCUT2D eigenvalue weighted by Gasteiger charge is 2.35. The first-order valence-corrected chi connectivity index (χ1v) is 26.3.